The molecule has 0 fully saturated rings. The van der Waals surface area contributed by atoms with Crippen molar-refractivity contribution in [2.45, 2.75) is 40.0 Å². The number of nitrogens with one attached hydrogen (secondary N) is 1. The summed E-state index contributed by atoms with van der Waals surface area (Å²) in [6, 6.07) is -0.350. The predicted molar refractivity (Wildman–Crippen MR) is 77.9 cm³/mol. The van der Waals surface area contributed by atoms with Gasteiger partial charge in [-0.15, -0.1) is 0 Å². The monoisotopic (exact) mass is 302 g/mol. The van der Waals surface area contributed by atoms with Crippen LogP contribution in [0.4, 0.5) is 4.79 Å². The van der Waals surface area contributed by atoms with Gasteiger partial charge < -0.3 is 20.1 Å². The average molecular weight is 302 g/mol. The van der Waals surface area contributed by atoms with Gasteiger partial charge in [-0.05, 0) is 25.2 Å². The van der Waals surface area contributed by atoms with E-state index in [0.29, 0.717) is 19.4 Å². The quantitative estimate of drug-likeness (QED) is 0.629. The summed E-state index contributed by atoms with van der Waals surface area (Å²) in [5, 5.41) is 11.4. The maximum absolute atomic E-state index is 11.7. The van der Waals surface area contributed by atoms with E-state index in [4.69, 9.17) is 9.84 Å². The van der Waals surface area contributed by atoms with Crippen molar-refractivity contribution >= 4 is 18.0 Å². The van der Waals surface area contributed by atoms with Crippen molar-refractivity contribution in [3.63, 3.8) is 0 Å². The molecule has 2 N–H and O–H groups in total. The van der Waals surface area contributed by atoms with Crippen molar-refractivity contribution < 1.29 is 24.2 Å². The number of nitrogens with zero attached hydrogens (tertiary/aromatic N) is 1. The molecule has 0 atom stereocenters. The smallest absolute Gasteiger partial charge is 0.325 e. The number of carboxylic acids is 1. The fourth-order valence-corrected chi connectivity index (χ4v) is 1.69. The third kappa shape index (κ3) is 9.70. The van der Waals surface area contributed by atoms with Gasteiger partial charge >= 0.3 is 18.0 Å². The molecule has 0 radical (unpaired) electrons. The molecule has 2 amide bonds. The van der Waals surface area contributed by atoms with Crippen LogP contribution >= 0.6 is 0 Å². The molecule has 0 aromatic heterocycles. The number of likely N-dealkylation sites (N-methyl/N-ethyl adjacent to an activating group) is 1. The summed E-state index contributed by atoms with van der Waals surface area (Å²) >= 11 is 0. The van der Waals surface area contributed by atoms with Crippen LogP contribution in [0.2, 0.25) is 0 Å². The first-order chi connectivity index (χ1) is 9.68. The standard InChI is InChI=1S/C14H26N2O5/c1-5-21-12(19)10-16(4)13(20)15-9-8-14(2,3)7-6-11(17)18/h5-10H2,1-4H3,(H,15,20)(H,17,18). The van der Waals surface area contributed by atoms with E-state index in [1.54, 1.807) is 6.92 Å². The van der Waals surface area contributed by atoms with E-state index in [2.05, 4.69) is 5.32 Å². The Morgan fingerprint density at radius 1 is 1.24 bits per heavy atom. The summed E-state index contributed by atoms with van der Waals surface area (Å²) in [6.45, 7) is 6.25. The number of carbonyl (C=O) groups is 3. The lowest BCUT2D eigenvalue weighted by Crippen LogP contribution is -2.41. The van der Waals surface area contributed by atoms with E-state index in [1.165, 1.54) is 11.9 Å². The highest BCUT2D eigenvalue weighted by Crippen LogP contribution is 2.25. The lowest BCUT2D eigenvalue weighted by Gasteiger charge is -2.24. The van der Waals surface area contributed by atoms with Gasteiger partial charge in [0.25, 0.3) is 0 Å². The number of carboxylic acid groups (broad SMARTS) is 1. The molecule has 122 valence electrons. The molecule has 0 saturated heterocycles. The summed E-state index contributed by atoms with van der Waals surface area (Å²) in [6.07, 6.45) is 1.33. The van der Waals surface area contributed by atoms with Crippen LogP contribution < -0.4 is 5.32 Å². The van der Waals surface area contributed by atoms with Gasteiger partial charge in [-0.3, -0.25) is 9.59 Å². The first-order valence-electron chi connectivity index (χ1n) is 7.04. The summed E-state index contributed by atoms with van der Waals surface area (Å²) in [7, 11) is 1.52. The van der Waals surface area contributed by atoms with Crippen LogP contribution in [0.15, 0.2) is 0 Å². The van der Waals surface area contributed by atoms with E-state index >= 15 is 0 Å². The van der Waals surface area contributed by atoms with Gasteiger partial charge in [-0.2, -0.15) is 0 Å². The fourth-order valence-electron chi connectivity index (χ4n) is 1.69. The molecule has 0 unspecified atom stereocenters. The molecule has 0 aliphatic rings. The highest BCUT2D eigenvalue weighted by atomic mass is 16.5. The zero-order chi connectivity index (χ0) is 16.5. The maximum atomic E-state index is 11.7. The Balaban J connectivity index is 4.01. The zero-order valence-corrected chi connectivity index (χ0v) is 13.3. The second-order valence-electron chi connectivity index (χ2n) is 5.70. The van der Waals surface area contributed by atoms with Crippen molar-refractivity contribution in [1.29, 1.82) is 0 Å². The van der Waals surface area contributed by atoms with E-state index in [1.807, 2.05) is 13.8 Å². The number of ether oxygens (including phenoxy) is 1. The van der Waals surface area contributed by atoms with Crippen LogP contribution in [0.1, 0.15) is 40.0 Å². The lowest BCUT2D eigenvalue weighted by atomic mass is 9.84. The summed E-state index contributed by atoms with van der Waals surface area (Å²) in [4.78, 5) is 34.8. The van der Waals surface area contributed by atoms with E-state index in [9.17, 15) is 14.4 Å². The summed E-state index contributed by atoms with van der Waals surface area (Å²) in [5.74, 6) is -1.27. The van der Waals surface area contributed by atoms with Gasteiger partial charge in [0.05, 0.1) is 6.61 Å². The fraction of sp³-hybridized carbons (Fsp3) is 0.786. The minimum Gasteiger partial charge on any atom is -0.481 e. The van der Waals surface area contributed by atoms with Gasteiger partial charge in [0.2, 0.25) is 0 Å². The van der Waals surface area contributed by atoms with Gasteiger partial charge in [-0.25, -0.2) is 4.79 Å². The Morgan fingerprint density at radius 2 is 1.86 bits per heavy atom. The number of esters is 1. The molecule has 21 heavy (non-hydrogen) atoms. The second kappa shape index (κ2) is 9.20. The SMILES string of the molecule is CCOC(=O)CN(C)C(=O)NCCC(C)(C)CCC(=O)O. The summed E-state index contributed by atoms with van der Waals surface area (Å²) < 4.78 is 4.76. The molecular formula is C14H26N2O5. The van der Waals surface area contributed by atoms with Gasteiger partial charge in [0, 0.05) is 20.0 Å². The third-order valence-electron chi connectivity index (χ3n) is 3.11. The molecule has 0 aromatic carbocycles. The molecule has 0 aliphatic heterocycles. The molecule has 0 spiro atoms. The average Bonchev–Trinajstić information content (AvgIpc) is 2.36. The number of aliphatic carboxylic acids is 1. The van der Waals surface area contributed by atoms with Crippen molar-refractivity contribution in [3.8, 4) is 0 Å². The Morgan fingerprint density at radius 3 is 2.38 bits per heavy atom. The first-order valence-corrected chi connectivity index (χ1v) is 7.04. The largest absolute Gasteiger partial charge is 0.481 e. The van der Waals surface area contributed by atoms with E-state index < -0.39 is 11.9 Å². The lowest BCUT2D eigenvalue weighted by molar-refractivity contribution is -0.143. The van der Waals surface area contributed by atoms with Crippen LogP contribution in [-0.4, -0.2) is 54.7 Å². The molecular weight excluding hydrogens is 276 g/mol. The predicted octanol–water partition coefficient (Wildman–Crippen LogP) is 1.47. The molecule has 7 nitrogen and oxygen atoms in total. The van der Waals surface area contributed by atoms with Gasteiger partial charge in [0.1, 0.15) is 6.54 Å². The Kier molecular flexibility index (Phi) is 8.42. The second-order valence-corrected chi connectivity index (χ2v) is 5.70. The topological polar surface area (TPSA) is 95.9 Å². The van der Waals surface area contributed by atoms with Crippen molar-refractivity contribution in [2.24, 2.45) is 5.41 Å². The Bertz CT molecular complexity index is 368. The number of carbonyl (C=O) groups excluding carboxylic acids is 2. The number of urea groups is 1. The van der Waals surface area contributed by atoms with Crippen LogP contribution in [0.5, 0.6) is 0 Å². The Labute approximate surface area is 125 Å². The number of hydrogen-bond donors (Lipinski definition) is 2. The normalized spacial score (nSPS) is 10.9. The van der Waals surface area contributed by atoms with Crippen molar-refractivity contribution in [3.05, 3.63) is 0 Å². The highest BCUT2D eigenvalue weighted by Gasteiger charge is 2.20. The highest BCUT2D eigenvalue weighted by molar-refractivity contribution is 5.80. The molecule has 0 bridgehead atoms. The van der Waals surface area contributed by atoms with Gasteiger partial charge in [0.15, 0.2) is 0 Å². The minimum atomic E-state index is -0.818. The first kappa shape index (κ1) is 19.2. The molecule has 0 aliphatic carbocycles. The minimum absolute atomic E-state index is 0.0952. The van der Waals surface area contributed by atoms with Crippen molar-refractivity contribution in [1.82, 2.24) is 10.2 Å². The van der Waals surface area contributed by atoms with E-state index in [-0.39, 0.29) is 31.0 Å². The third-order valence-corrected chi connectivity index (χ3v) is 3.11. The molecule has 0 aromatic rings. The molecule has 0 heterocycles. The van der Waals surface area contributed by atoms with Crippen molar-refractivity contribution in [2.75, 3.05) is 26.7 Å². The van der Waals surface area contributed by atoms with Crippen LogP contribution in [-0.2, 0) is 14.3 Å². The zero-order valence-electron chi connectivity index (χ0n) is 13.3. The van der Waals surface area contributed by atoms with Gasteiger partial charge in [-0.1, -0.05) is 13.8 Å². The van der Waals surface area contributed by atoms with E-state index in [0.717, 1.165) is 0 Å². The van der Waals surface area contributed by atoms with Crippen LogP contribution in [0.3, 0.4) is 0 Å². The van der Waals surface area contributed by atoms with Crippen LogP contribution in [0, 0.1) is 5.41 Å². The number of rotatable bonds is 9. The molecule has 0 rings (SSSR count). The number of hydrogen-bond acceptors (Lipinski definition) is 4. The molecule has 0 saturated carbocycles. The Hall–Kier alpha value is -1.79. The number of amides is 2. The molecule has 7 heteroatoms. The van der Waals surface area contributed by atoms with Crippen LogP contribution in [0.25, 0.3) is 0 Å². The maximum Gasteiger partial charge on any atom is 0.325 e. The summed E-state index contributed by atoms with van der Waals surface area (Å²) in [5.41, 5.74) is -0.161.